The molecule has 0 aliphatic rings. The molecule has 0 atom stereocenters. The molecular formula is C16H19N3O2. The van der Waals surface area contributed by atoms with Crippen LogP contribution in [0.1, 0.15) is 5.56 Å². The van der Waals surface area contributed by atoms with Crippen LogP contribution in [0.4, 0.5) is 5.69 Å². The number of nitrogens with one attached hydrogen (secondary N) is 1. The van der Waals surface area contributed by atoms with Gasteiger partial charge in [0.25, 0.3) is 0 Å². The number of aromatic nitrogens is 1. The Labute approximate surface area is 124 Å². The first-order chi connectivity index (χ1) is 10.2. The maximum atomic E-state index is 12.0. The van der Waals surface area contributed by atoms with Crippen molar-refractivity contribution in [3.05, 3.63) is 54.2 Å². The summed E-state index contributed by atoms with van der Waals surface area (Å²) in [5, 5.41) is 2.87. The molecule has 5 heteroatoms. The van der Waals surface area contributed by atoms with Crippen molar-refractivity contribution in [2.45, 2.75) is 6.54 Å². The van der Waals surface area contributed by atoms with Crippen LogP contribution in [0.2, 0.25) is 0 Å². The minimum absolute atomic E-state index is 0.0488. The molecule has 21 heavy (non-hydrogen) atoms. The van der Waals surface area contributed by atoms with Gasteiger partial charge in [-0.15, -0.1) is 0 Å². The van der Waals surface area contributed by atoms with Gasteiger partial charge in [-0.2, -0.15) is 0 Å². The molecule has 1 aromatic heterocycles. The molecule has 1 aromatic carbocycles. The minimum Gasteiger partial charge on any atom is -0.481 e. The predicted molar refractivity (Wildman–Crippen MR) is 82.3 cm³/mol. The van der Waals surface area contributed by atoms with E-state index in [0.717, 1.165) is 11.3 Å². The highest BCUT2D eigenvalue weighted by Crippen LogP contribution is 2.13. The molecule has 0 aliphatic carbocycles. The van der Waals surface area contributed by atoms with Gasteiger partial charge in [-0.25, -0.2) is 4.98 Å². The van der Waals surface area contributed by atoms with E-state index in [9.17, 15) is 4.79 Å². The van der Waals surface area contributed by atoms with Gasteiger partial charge in [0.2, 0.25) is 11.8 Å². The number of hydrogen-bond acceptors (Lipinski definition) is 4. The molecule has 1 N–H and O–H groups in total. The van der Waals surface area contributed by atoms with Crippen LogP contribution in [-0.4, -0.2) is 31.6 Å². The molecule has 2 rings (SSSR count). The lowest BCUT2D eigenvalue weighted by molar-refractivity contribution is -0.119. The van der Waals surface area contributed by atoms with E-state index in [1.54, 1.807) is 13.3 Å². The maximum Gasteiger partial charge on any atom is 0.239 e. The van der Waals surface area contributed by atoms with Crippen molar-refractivity contribution in [1.29, 1.82) is 0 Å². The topological polar surface area (TPSA) is 54.5 Å². The molecule has 2 aromatic rings. The molecule has 0 unspecified atom stereocenters. The molecule has 0 saturated heterocycles. The van der Waals surface area contributed by atoms with Gasteiger partial charge in [-0.1, -0.05) is 24.3 Å². The number of amides is 1. The number of pyridine rings is 1. The minimum atomic E-state index is -0.0488. The third-order valence-electron chi connectivity index (χ3n) is 3.10. The third kappa shape index (κ3) is 4.21. The van der Waals surface area contributed by atoms with Crippen LogP contribution >= 0.6 is 0 Å². The van der Waals surface area contributed by atoms with Gasteiger partial charge < -0.3 is 15.0 Å². The quantitative estimate of drug-likeness (QED) is 0.880. The maximum absolute atomic E-state index is 12.0. The summed E-state index contributed by atoms with van der Waals surface area (Å²) in [6.07, 6.45) is 1.66. The molecule has 0 bridgehead atoms. The summed E-state index contributed by atoms with van der Waals surface area (Å²) in [5.74, 6) is 0.487. The van der Waals surface area contributed by atoms with Crippen molar-refractivity contribution < 1.29 is 9.53 Å². The van der Waals surface area contributed by atoms with Crippen LogP contribution in [0, 0.1) is 0 Å². The molecule has 1 amide bonds. The van der Waals surface area contributed by atoms with Crippen LogP contribution in [0.3, 0.4) is 0 Å². The Kier molecular flexibility index (Phi) is 5.15. The summed E-state index contributed by atoms with van der Waals surface area (Å²) >= 11 is 0. The first-order valence-corrected chi connectivity index (χ1v) is 6.71. The second-order valence-electron chi connectivity index (χ2n) is 4.64. The molecule has 0 spiro atoms. The summed E-state index contributed by atoms with van der Waals surface area (Å²) < 4.78 is 5.16. The third-order valence-corrected chi connectivity index (χ3v) is 3.10. The first-order valence-electron chi connectivity index (χ1n) is 6.71. The van der Waals surface area contributed by atoms with Gasteiger partial charge in [0.05, 0.1) is 13.7 Å². The smallest absolute Gasteiger partial charge is 0.239 e. The van der Waals surface area contributed by atoms with Gasteiger partial charge in [-0.3, -0.25) is 4.79 Å². The summed E-state index contributed by atoms with van der Waals surface area (Å²) in [4.78, 5) is 18.0. The van der Waals surface area contributed by atoms with E-state index in [0.29, 0.717) is 19.0 Å². The largest absolute Gasteiger partial charge is 0.481 e. The van der Waals surface area contributed by atoms with Gasteiger partial charge in [-0.05, 0) is 18.2 Å². The summed E-state index contributed by atoms with van der Waals surface area (Å²) in [7, 11) is 3.45. The van der Waals surface area contributed by atoms with Crippen LogP contribution < -0.4 is 15.0 Å². The van der Waals surface area contributed by atoms with Crippen LogP contribution in [0.15, 0.2) is 48.7 Å². The SMILES string of the molecule is COc1ncccc1CNC(=O)CN(C)c1ccccc1. The van der Waals surface area contributed by atoms with Gasteiger partial charge >= 0.3 is 0 Å². The highest BCUT2D eigenvalue weighted by Gasteiger charge is 2.09. The molecule has 110 valence electrons. The number of para-hydroxylation sites is 1. The second-order valence-corrected chi connectivity index (χ2v) is 4.64. The lowest BCUT2D eigenvalue weighted by Crippen LogP contribution is -2.34. The van der Waals surface area contributed by atoms with Crippen molar-refractivity contribution in [3.8, 4) is 5.88 Å². The Morgan fingerprint density at radius 3 is 2.71 bits per heavy atom. The average Bonchev–Trinajstić information content (AvgIpc) is 2.54. The number of nitrogens with zero attached hydrogens (tertiary/aromatic N) is 2. The van der Waals surface area contributed by atoms with Crippen LogP contribution in [0.25, 0.3) is 0 Å². The summed E-state index contributed by atoms with van der Waals surface area (Å²) in [6, 6.07) is 13.5. The number of benzene rings is 1. The number of likely N-dealkylation sites (N-methyl/N-ethyl adjacent to an activating group) is 1. The van der Waals surface area contributed by atoms with Crippen molar-refractivity contribution in [2.24, 2.45) is 0 Å². The first kappa shape index (κ1) is 14.8. The van der Waals surface area contributed by atoms with Crippen molar-refractivity contribution in [3.63, 3.8) is 0 Å². The zero-order chi connectivity index (χ0) is 15.1. The Bertz CT molecular complexity index is 587. The molecule has 0 fully saturated rings. The van der Waals surface area contributed by atoms with E-state index < -0.39 is 0 Å². The van der Waals surface area contributed by atoms with Crippen molar-refractivity contribution in [2.75, 3.05) is 25.6 Å². The normalized spacial score (nSPS) is 10.0. The number of hydrogen-bond donors (Lipinski definition) is 1. The van der Waals surface area contributed by atoms with Gasteiger partial charge in [0, 0.05) is 31.0 Å². The Morgan fingerprint density at radius 2 is 2.00 bits per heavy atom. The Morgan fingerprint density at radius 1 is 1.24 bits per heavy atom. The zero-order valence-electron chi connectivity index (χ0n) is 12.2. The van der Waals surface area contributed by atoms with Crippen LogP contribution in [0.5, 0.6) is 5.88 Å². The summed E-state index contributed by atoms with van der Waals surface area (Å²) in [5.41, 5.74) is 1.86. The number of ether oxygens (including phenoxy) is 1. The van der Waals surface area contributed by atoms with E-state index in [-0.39, 0.29) is 5.91 Å². The van der Waals surface area contributed by atoms with E-state index in [4.69, 9.17) is 4.74 Å². The van der Waals surface area contributed by atoms with Crippen molar-refractivity contribution >= 4 is 11.6 Å². The van der Waals surface area contributed by atoms with E-state index in [2.05, 4.69) is 10.3 Å². The number of carbonyl (C=O) groups excluding carboxylic acids is 1. The van der Waals surface area contributed by atoms with Gasteiger partial charge in [0.1, 0.15) is 0 Å². The van der Waals surface area contributed by atoms with E-state index in [1.165, 1.54) is 0 Å². The summed E-state index contributed by atoms with van der Waals surface area (Å²) in [6.45, 7) is 0.699. The number of carbonyl (C=O) groups is 1. The molecule has 5 nitrogen and oxygen atoms in total. The fourth-order valence-corrected chi connectivity index (χ4v) is 1.98. The monoisotopic (exact) mass is 285 g/mol. The lowest BCUT2D eigenvalue weighted by atomic mass is 10.2. The Hall–Kier alpha value is -2.56. The molecule has 0 saturated carbocycles. The zero-order valence-corrected chi connectivity index (χ0v) is 12.2. The fourth-order valence-electron chi connectivity index (χ4n) is 1.98. The number of methoxy groups -OCH3 is 1. The molecule has 1 heterocycles. The molecule has 0 aliphatic heterocycles. The highest BCUT2D eigenvalue weighted by molar-refractivity contribution is 5.81. The van der Waals surface area contributed by atoms with Crippen LogP contribution in [-0.2, 0) is 11.3 Å². The number of rotatable bonds is 6. The fraction of sp³-hybridized carbons (Fsp3) is 0.250. The Balaban J connectivity index is 1.88. The second kappa shape index (κ2) is 7.28. The lowest BCUT2D eigenvalue weighted by Gasteiger charge is -2.18. The molecular weight excluding hydrogens is 266 g/mol. The van der Waals surface area contributed by atoms with Gasteiger partial charge in [0.15, 0.2) is 0 Å². The average molecular weight is 285 g/mol. The van der Waals surface area contributed by atoms with E-state index >= 15 is 0 Å². The van der Waals surface area contributed by atoms with E-state index in [1.807, 2.05) is 54.4 Å². The highest BCUT2D eigenvalue weighted by atomic mass is 16.5. The van der Waals surface area contributed by atoms with Crippen molar-refractivity contribution in [1.82, 2.24) is 10.3 Å². The number of anilines is 1. The predicted octanol–water partition coefficient (Wildman–Crippen LogP) is 1.84. The standard InChI is InChI=1S/C16H19N3O2/c1-19(14-8-4-3-5-9-14)12-15(20)18-11-13-7-6-10-17-16(13)21-2/h3-10H,11-12H2,1-2H3,(H,18,20). The molecule has 0 radical (unpaired) electrons.